The first kappa shape index (κ1) is 24.0. The lowest BCUT2D eigenvalue weighted by atomic mass is 10.2. The topological polar surface area (TPSA) is 116 Å². The lowest BCUT2D eigenvalue weighted by molar-refractivity contribution is -0.121. The molecule has 3 rings (SSSR count). The van der Waals surface area contributed by atoms with Gasteiger partial charge >= 0.3 is 0 Å². The highest BCUT2D eigenvalue weighted by atomic mass is 19.1. The Hall–Kier alpha value is -3.66. The summed E-state index contributed by atoms with van der Waals surface area (Å²) in [6.45, 7) is -0.0171. The molecule has 176 valence electrons. The molecule has 9 nitrogen and oxygen atoms in total. The molecule has 0 spiro atoms. The molecule has 1 aromatic heterocycles. The molecule has 0 aliphatic carbocycles. The number of carbonyl (C=O) groups is 1. The van der Waals surface area contributed by atoms with Crippen molar-refractivity contribution in [2.24, 2.45) is 0 Å². The average molecular weight is 459 g/mol. The maximum Gasteiger partial charge on any atom is 0.226 e. The van der Waals surface area contributed by atoms with Crippen LogP contribution in [0.5, 0.6) is 17.2 Å². The predicted octanol–water partition coefficient (Wildman–Crippen LogP) is 2.77. The molecule has 0 saturated heterocycles. The Morgan fingerprint density at radius 2 is 1.85 bits per heavy atom. The van der Waals surface area contributed by atoms with Gasteiger partial charge in [0.25, 0.3) is 0 Å². The first-order chi connectivity index (χ1) is 16.0. The Kier molecular flexibility index (Phi) is 8.59. The Balaban J connectivity index is 1.37. The molecule has 1 heterocycles. The zero-order valence-electron chi connectivity index (χ0n) is 18.4. The van der Waals surface area contributed by atoms with E-state index in [9.17, 15) is 14.3 Å². The van der Waals surface area contributed by atoms with Crippen LogP contribution >= 0.6 is 0 Å². The predicted molar refractivity (Wildman–Crippen MR) is 117 cm³/mol. The Morgan fingerprint density at radius 1 is 1.15 bits per heavy atom. The molecule has 1 amide bonds. The maximum absolute atomic E-state index is 13.0. The van der Waals surface area contributed by atoms with Crippen LogP contribution in [0.1, 0.15) is 18.7 Å². The molecule has 0 saturated carbocycles. The molecule has 2 aromatic carbocycles. The van der Waals surface area contributed by atoms with Crippen LogP contribution in [0.25, 0.3) is 11.4 Å². The highest BCUT2D eigenvalue weighted by molar-refractivity contribution is 5.75. The van der Waals surface area contributed by atoms with Gasteiger partial charge in [0.2, 0.25) is 23.4 Å². The smallest absolute Gasteiger partial charge is 0.226 e. The summed E-state index contributed by atoms with van der Waals surface area (Å²) in [6, 6.07) is 11.0. The normalized spacial score (nSPS) is 11.6. The van der Waals surface area contributed by atoms with Crippen molar-refractivity contribution in [3.63, 3.8) is 0 Å². The fraction of sp³-hybridized carbons (Fsp3) is 0.348. The lowest BCUT2D eigenvalue weighted by Gasteiger charge is -2.17. The van der Waals surface area contributed by atoms with E-state index in [1.54, 1.807) is 30.3 Å². The summed E-state index contributed by atoms with van der Waals surface area (Å²) in [5.74, 6) is 1.54. The summed E-state index contributed by atoms with van der Waals surface area (Å²) in [4.78, 5) is 16.3. The van der Waals surface area contributed by atoms with Crippen LogP contribution in [0.15, 0.2) is 47.0 Å². The fourth-order valence-corrected chi connectivity index (χ4v) is 2.99. The Morgan fingerprint density at radius 3 is 2.52 bits per heavy atom. The number of aryl methyl sites for hydroxylation is 1. The number of hydrogen-bond donors (Lipinski definition) is 2. The molecule has 1 atom stereocenters. The van der Waals surface area contributed by atoms with Crippen molar-refractivity contribution in [2.45, 2.75) is 25.4 Å². The minimum Gasteiger partial charge on any atom is -0.493 e. The molecule has 33 heavy (non-hydrogen) atoms. The fourth-order valence-electron chi connectivity index (χ4n) is 2.99. The van der Waals surface area contributed by atoms with E-state index in [-0.39, 0.29) is 31.3 Å². The van der Waals surface area contributed by atoms with Gasteiger partial charge in [-0.2, -0.15) is 4.98 Å². The number of amides is 1. The number of para-hydroxylation sites is 1. The van der Waals surface area contributed by atoms with Crippen LogP contribution in [0, 0.1) is 5.82 Å². The van der Waals surface area contributed by atoms with E-state index >= 15 is 0 Å². The van der Waals surface area contributed by atoms with E-state index in [2.05, 4.69) is 15.5 Å². The van der Waals surface area contributed by atoms with Gasteiger partial charge in [-0.05, 0) is 42.8 Å². The first-order valence-corrected chi connectivity index (χ1v) is 10.4. The third-order valence-electron chi connectivity index (χ3n) is 4.70. The largest absolute Gasteiger partial charge is 0.493 e. The van der Waals surface area contributed by atoms with Crippen molar-refractivity contribution in [1.29, 1.82) is 0 Å². The number of hydrogen-bond acceptors (Lipinski definition) is 8. The summed E-state index contributed by atoms with van der Waals surface area (Å²) in [5.41, 5.74) is 0.645. The van der Waals surface area contributed by atoms with Gasteiger partial charge in [-0.15, -0.1) is 0 Å². The van der Waals surface area contributed by atoms with Gasteiger partial charge in [0, 0.05) is 24.9 Å². The van der Waals surface area contributed by atoms with E-state index in [1.165, 1.54) is 26.4 Å². The van der Waals surface area contributed by atoms with Crippen LogP contribution in [-0.2, 0) is 11.2 Å². The molecule has 1 unspecified atom stereocenters. The van der Waals surface area contributed by atoms with Gasteiger partial charge in [-0.25, -0.2) is 4.39 Å². The maximum atomic E-state index is 13.0. The number of carbonyl (C=O) groups excluding carboxylic acids is 1. The number of ether oxygens (including phenoxy) is 3. The van der Waals surface area contributed by atoms with Gasteiger partial charge in [0.05, 0.1) is 14.2 Å². The van der Waals surface area contributed by atoms with Crippen molar-refractivity contribution in [3.05, 3.63) is 54.2 Å². The molecule has 3 aromatic rings. The lowest BCUT2D eigenvalue weighted by Crippen LogP contribution is -2.35. The Labute approximate surface area is 190 Å². The first-order valence-electron chi connectivity index (χ1n) is 10.4. The standard InChI is InChI=1S/C23H26FN3O6/c1-30-18-5-3-6-19(31-2)22(18)32-14-17(28)13-25-20(29)7-4-8-21-26-23(27-33-21)15-9-11-16(24)12-10-15/h3,5-6,9-12,17,28H,4,7-8,13-14H2,1-2H3,(H,25,29). The van der Waals surface area contributed by atoms with Crippen LogP contribution in [0.2, 0.25) is 0 Å². The second-order valence-corrected chi connectivity index (χ2v) is 7.13. The average Bonchev–Trinajstić information content (AvgIpc) is 3.30. The van der Waals surface area contributed by atoms with E-state index in [0.717, 1.165) is 0 Å². The van der Waals surface area contributed by atoms with Crippen molar-refractivity contribution < 1.29 is 33.0 Å². The van der Waals surface area contributed by atoms with E-state index in [1.807, 2.05) is 0 Å². The van der Waals surface area contributed by atoms with Crippen LogP contribution in [0.4, 0.5) is 4.39 Å². The quantitative estimate of drug-likeness (QED) is 0.425. The number of aromatic nitrogens is 2. The summed E-state index contributed by atoms with van der Waals surface area (Å²) in [7, 11) is 3.02. The minimum absolute atomic E-state index is 0.0333. The zero-order chi connectivity index (χ0) is 23.6. The number of rotatable bonds is 12. The third kappa shape index (κ3) is 6.91. The highest BCUT2D eigenvalue weighted by Crippen LogP contribution is 2.36. The monoisotopic (exact) mass is 459 g/mol. The number of aliphatic hydroxyl groups is 1. The van der Waals surface area contributed by atoms with E-state index in [0.29, 0.717) is 47.4 Å². The van der Waals surface area contributed by atoms with Gasteiger partial charge in [0.15, 0.2) is 11.5 Å². The van der Waals surface area contributed by atoms with Gasteiger partial charge < -0.3 is 29.2 Å². The number of halogens is 1. The van der Waals surface area contributed by atoms with E-state index < -0.39 is 6.10 Å². The molecule has 0 aliphatic rings. The van der Waals surface area contributed by atoms with Crippen molar-refractivity contribution in [1.82, 2.24) is 15.5 Å². The van der Waals surface area contributed by atoms with Crippen molar-refractivity contribution in [3.8, 4) is 28.6 Å². The van der Waals surface area contributed by atoms with Crippen molar-refractivity contribution >= 4 is 5.91 Å². The van der Waals surface area contributed by atoms with E-state index in [4.69, 9.17) is 18.7 Å². The number of nitrogens with one attached hydrogen (secondary N) is 1. The highest BCUT2D eigenvalue weighted by Gasteiger charge is 2.15. The number of methoxy groups -OCH3 is 2. The summed E-state index contributed by atoms with van der Waals surface area (Å²) in [5, 5.41) is 16.7. The molecular weight excluding hydrogens is 433 g/mol. The minimum atomic E-state index is -0.919. The second kappa shape index (κ2) is 11.8. The van der Waals surface area contributed by atoms with Gasteiger partial charge in [0.1, 0.15) is 18.5 Å². The Bertz CT molecular complexity index is 1020. The second-order valence-electron chi connectivity index (χ2n) is 7.13. The summed E-state index contributed by atoms with van der Waals surface area (Å²) < 4.78 is 34.3. The number of aliphatic hydroxyl groups excluding tert-OH is 1. The molecule has 2 N–H and O–H groups in total. The molecule has 0 bridgehead atoms. The van der Waals surface area contributed by atoms with Gasteiger partial charge in [-0.1, -0.05) is 11.2 Å². The van der Waals surface area contributed by atoms with Gasteiger partial charge in [-0.3, -0.25) is 4.79 Å². The number of nitrogens with zero attached hydrogens (tertiary/aromatic N) is 2. The zero-order valence-corrected chi connectivity index (χ0v) is 18.4. The van der Waals surface area contributed by atoms with Crippen LogP contribution in [-0.4, -0.2) is 54.6 Å². The summed E-state index contributed by atoms with van der Waals surface area (Å²) >= 11 is 0. The molecule has 0 radical (unpaired) electrons. The molecular formula is C23H26FN3O6. The third-order valence-corrected chi connectivity index (χ3v) is 4.70. The number of benzene rings is 2. The summed E-state index contributed by atoms with van der Waals surface area (Å²) in [6.07, 6.45) is 0.211. The SMILES string of the molecule is COc1cccc(OC)c1OCC(O)CNC(=O)CCCc1nc(-c2ccc(F)cc2)no1. The molecule has 0 aliphatic heterocycles. The molecule has 10 heteroatoms. The van der Waals surface area contributed by atoms with Crippen LogP contribution < -0.4 is 19.5 Å². The molecule has 0 fully saturated rings. The van der Waals surface area contributed by atoms with Crippen LogP contribution in [0.3, 0.4) is 0 Å². The van der Waals surface area contributed by atoms with Crippen molar-refractivity contribution in [2.75, 3.05) is 27.4 Å².